The number of benzene rings is 3. The Morgan fingerprint density at radius 1 is 0.760 bits per heavy atom. The first-order chi connectivity index (χ1) is 16.5. The molecule has 0 unspecified atom stereocenters. The van der Waals surface area contributed by atoms with Gasteiger partial charge in [0, 0.05) is 0 Å². The molecule has 3 aromatic rings. The lowest BCUT2D eigenvalue weighted by atomic mass is 9.74. The van der Waals surface area contributed by atoms with E-state index in [-0.39, 0.29) is 21.8 Å². The van der Waals surface area contributed by atoms with Crippen LogP contribution in [0.1, 0.15) is 42.8 Å². The van der Waals surface area contributed by atoms with Crippen LogP contribution in [0, 0.1) is 0 Å². The van der Waals surface area contributed by atoms with Gasteiger partial charge in [0.05, 0.1) is 26.3 Å². The van der Waals surface area contributed by atoms with Crippen molar-refractivity contribution >= 4 is 23.4 Å². The molecule has 1 aliphatic heterocycles. The summed E-state index contributed by atoms with van der Waals surface area (Å²) in [6.07, 6.45) is 0. The maximum atomic E-state index is 8.69. The lowest BCUT2D eigenvalue weighted by Crippen LogP contribution is -2.41. The highest BCUT2D eigenvalue weighted by Gasteiger charge is 2.52. The van der Waals surface area contributed by atoms with Crippen molar-refractivity contribution in [3.8, 4) is 11.1 Å². The van der Waals surface area contributed by atoms with Crippen molar-refractivity contribution in [2.75, 3.05) is 0 Å². The van der Waals surface area contributed by atoms with Crippen LogP contribution in [0.4, 0.5) is 0 Å². The molecule has 0 radical (unpaired) electrons. The van der Waals surface area contributed by atoms with Crippen LogP contribution in [0.5, 0.6) is 0 Å². The van der Waals surface area contributed by atoms with Crippen LogP contribution in [0.2, 0.25) is 0 Å². The predicted octanol–water partition coefficient (Wildman–Crippen LogP) is 4.81. The Labute approximate surface area is 165 Å². The molecule has 1 fully saturated rings. The normalized spacial score (nSPS) is 24.8. The van der Waals surface area contributed by atoms with Gasteiger partial charge in [-0.05, 0) is 55.1 Å². The first kappa shape index (κ1) is 8.07. The molecule has 126 valence electrons. The van der Waals surface area contributed by atoms with Gasteiger partial charge in [-0.1, -0.05) is 66.5 Å². The summed E-state index contributed by atoms with van der Waals surface area (Å²) in [6.45, 7) is 7.07. The summed E-state index contributed by atoms with van der Waals surface area (Å²) in [6, 6.07) is -6.63. The van der Waals surface area contributed by atoms with Crippen LogP contribution in [0.25, 0.3) is 21.9 Å². The highest BCUT2D eigenvalue weighted by Crippen LogP contribution is 2.38. The Morgan fingerprint density at radius 3 is 2.00 bits per heavy atom. The molecule has 25 heavy (non-hydrogen) atoms. The molecule has 1 aliphatic rings. The van der Waals surface area contributed by atoms with Crippen molar-refractivity contribution in [2.24, 2.45) is 0 Å². The van der Waals surface area contributed by atoms with Gasteiger partial charge in [-0.25, -0.2) is 0 Å². The fourth-order valence-corrected chi connectivity index (χ4v) is 2.69. The fourth-order valence-electron chi connectivity index (χ4n) is 2.69. The summed E-state index contributed by atoms with van der Waals surface area (Å²) in [5.41, 5.74) is -2.57. The van der Waals surface area contributed by atoms with Crippen molar-refractivity contribution in [3.63, 3.8) is 0 Å². The molecule has 0 aliphatic carbocycles. The maximum Gasteiger partial charge on any atom is 0.495 e. The van der Waals surface area contributed by atoms with E-state index in [0.717, 1.165) is 0 Å². The minimum absolute atomic E-state index is 0.103. The molecule has 1 saturated heterocycles. The van der Waals surface area contributed by atoms with Gasteiger partial charge in [-0.2, -0.15) is 0 Å². The third-order valence-corrected chi connectivity index (χ3v) is 4.77. The van der Waals surface area contributed by atoms with Gasteiger partial charge < -0.3 is 9.31 Å². The molecule has 0 saturated carbocycles. The molecule has 0 N–H and O–H groups in total. The summed E-state index contributed by atoms with van der Waals surface area (Å²) < 4.78 is 104. The van der Waals surface area contributed by atoms with Gasteiger partial charge in [0.25, 0.3) is 0 Å². The Kier molecular flexibility index (Phi) is 1.85. The van der Waals surface area contributed by atoms with Crippen molar-refractivity contribution in [1.29, 1.82) is 0 Å². The predicted molar refractivity (Wildman–Crippen MR) is 105 cm³/mol. The Bertz CT molecular complexity index is 1420. The number of fused-ring (bicyclic) bond motifs is 1. The third-order valence-electron chi connectivity index (χ3n) is 4.77. The summed E-state index contributed by atoms with van der Waals surface area (Å²) in [5.74, 6) is 0. The van der Waals surface area contributed by atoms with Crippen LogP contribution < -0.4 is 5.46 Å². The van der Waals surface area contributed by atoms with Gasteiger partial charge in [0.1, 0.15) is 0 Å². The molecule has 0 bridgehead atoms. The zero-order chi connectivity index (χ0) is 27.2. The van der Waals surface area contributed by atoms with E-state index < -0.39 is 90.4 Å². The minimum Gasteiger partial charge on any atom is -0.399 e. The molecule has 0 amide bonds. The lowest BCUT2D eigenvalue weighted by Gasteiger charge is -2.32. The summed E-state index contributed by atoms with van der Waals surface area (Å²) in [7, 11) is -1.28. The van der Waals surface area contributed by atoms with E-state index in [2.05, 4.69) is 0 Å². The minimum atomic E-state index is -1.28. The smallest absolute Gasteiger partial charge is 0.399 e. The SMILES string of the molecule is [2H]c1c([2H])c([2H])c(-c2c([2H])c([2H])c([2H])c3c([2H])c([2H])c([2H])c(B4OC(C)(C)C(C)(C)O4)c23)c([2H])c1[2H]. The van der Waals surface area contributed by atoms with Crippen molar-refractivity contribution in [1.82, 2.24) is 0 Å². The first-order valence-corrected chi connectivity index (χ1v) is 7.92. The van der Waals surface area contributed by atoms with Gasteiger partial charge in [0.2, 0.25) is 0 Å². The fraction of sp³-hybridized carbons (Fsp3) is 0.273. The van der Waals surface area contributed by atoms with E-state index in [4.69, 9.17) is 24.4 Å². The Morgan fingerprint density at radius 2 is 1.36 bits per heavy atom. The molecule has 0 aromatic heterocycles. The summed E-state index contributed by atoms with van der Waals surface area (Å²) in [5, 5.41) is -0.410. The van der Waals surface area contributed by atoms with E-state index in [0.29, 0.717) is 0 Å². The third kappa shape index (κ3) is 2.68. The average molecular weight is 341 g/mol. The molecule has 4 rings (SSSR count). The second-order valence-electron chi connectivity index (χ2n) is 6.88. The highest BCUT2D eigenvalue weighted by molar-refractivity contribution is 6.65. The Hall–Kier alpha value is -2.10. The van der Waals surface area contributed by atoms with Crippen molar-refractivity contribution < 1.29 is 24.4 Å². The number of hydrogen-bond acceptors (Lipinski definition) is 2. The standard InChI is InChI=1S/C22H23BO2/c1-21(2)22(3,4)25-23(24-21)19-15-9-13-17-12-8-14-18(20(17)19)16-10-6-5-7-11-16/h5-15H,1-4H3/i5D,6D,7D,8D,9D,10D,11D,12D,13D,14D,15D. The Balaban J connectivity index is 2.30. The van der Waals surface area contributed by atoms with Gasteiger partial charge >= 0.3 is 7.12 Å². The van der Waals surface area contributed by atoms with Crippen LogP contribution in [0.3, 0.4) is 0 Å². The van der Waals surface area contributed by atoms with E-state index in [1.165, 1.54) is 0 Å². The topological polar surface area (TPSA) is 18.5 Å². The molecule has 3 heteroatoms. The van der Waals surface area contributed by atoms with E-state index >= 15 is 0 Å². The second kappa shape index (κ2) is 5.72. The molecular weight excluding hydrogens is 307 g/mol. The van der Waals surface area contributed by atoms with Crippen LogP contribution in [0.15, 0.2) is 66.5 Å². The lowest BCUT2D eigenvalue weighted by molar-refractivity contribution is 0.00578. The quantitative estimate of drug-likeness (QED) is 0.623. The summed E-state index contributed by atoms with van der Waals surface area (Å²) in [4.78, 5) is 0. The first-order valence-electron chi connectivity index (χ1n) is 13.4. The van der Waals surface area contributed by atoms with Crippen LogP contribution >= 0.6 is 0 Å². The van der Waals surface area contributed by atoms with E-state index in [1.807, 2.05) is 0 Å². The zero-order valence-electron chi connectivity index (χ0n) is 25.4. The number of hydrogen-bond donors (Lipinski definition) is 0. The average Bonchev–Trinajstić information content (AvgIpc) is 3.01. The molecule has 2 nitrogen and oxygen atoms in total. The molecule has 3 aromatic carbocycles. The largest absolute Gasteiger partial charge is 0.495 e. The van der Waals surface area contributed by atoms with Gasteiger partial charge in [-0.15, -0.1) is 0 Å². The second-order valence-corrected chi connectivity index (χ2v) is 6.88. The van der Waals surface area contributed by atoms with Crippen LogP contribution in [-0.4, -0.2) is 18.3 Å². The van der Waals surface area contributed by atoms with Crippen molar-refractivity contribution in [3.05, 3.63) is 66.5 Å². The molecule has 0 atom stereocenters. The van der Waals surface area contributed by atoms with Gasteiger partial charge in [0.15, 0.2) is 0 Å². The molecule has 0 spiro atoms. The molecule has 1 heterocycles. The summed E-state index contributed by atoms with van der Waals surface area (Å²) >= 11 is 0. The molecular formula is C22H23BO2. The van der Waals surface area contributed by atoms with Crippen molar-refractivity contribution in [2.45, 2.75) is 38.9 Å². The van der Waals surface area contributed by atoms with E-state index in [9.17, 15) is 0 Å². The van der Waals surface area contributed by atoms with E-state index in [1.54, 1.807) is 27.7 Å². The van der Waals surface area contributed by atoms with Gasteiger partial charge in [-0.3, -0.25) is 0 Å². The highest BCUT2D eigenvalue weighted by atomic mass is 16.7. The zero-order valence-corrected chi connectivity index (χ0v) is 14.4. The maximum absolute atomic E-state index is 8.69. The van der Waals surface area contributed by atoms with Crippen LogP contribution in [-0.2, 0) is 9.31 Å². The number of rotatable bonds is 2. The monoisotopic (exact) mass is 341 g/mol.